The molecule has 0 radical (unpaired) electrons. The van der Waals surface area contributed by atoms with Crippen LogP contribution in [0, 0.1) is 23.7 Å². The van der Waals surface area contributed by atoms with Gasteiger partial charge in [-0.1, -0.05) is 0 Å². The van der Waals surface area contributed by atoms with Crippen molar-refractivity contribution >= 4 is 41.2 Å². The molecule has 1 heterocycles. The Balaban J connectivity index is 0.00000361. The Labute approximate surface area is 127 Å². The second-order valence-corrected chi connectivity index (χ2v) is 4.75. The Morgan fingerprint density at radius 3 is 2.70 bits per heavy atom. The van der Waals surface area contributed by atoms with Crippen molar-refractivity contribution in [3.05, 3.63) is 11.3 Å². The largest absolute Gasteiger partial charge is 0.378 e. The normalized spacial score (nSPS) is 9.25. The highest BCUT2D eigenvalue weighted by Gasteiger charge is 2.14. The monoisotopic (exact) mass is 314 g/mol. The van der Waals surface area contributed by atoms with Crippen LogP contribution in [-0.4, -0.2) is 21.0 Å². The number of carbonyl (C=O) groups excluding carboxylic acids is 1. The summed E-state index contributed by atoms with van der Waals surface area (Å²) in [6, 6.07) is 2.05. The van der Waals surface area contributed by atoms with Crippen LogP contribution in [0.15, 0.2) is 5.03 Å². The van der Waals surface area contributed by atoms with Gasteiger partial charge in [0.25, 0.3) is 0 Å². The zero-order chi connectivity index (χ0) is 14.4. The number of amidine groups is 1. The minimum absolute atomic E-state index is 0. The van der Waals surface area contributed by atoms with Gasteiger partial charge < -0.3 is 5.73 Å². The quantitative estimate of drug-likeness (QED) is 0.335. The molecule has 108 valence electrons. The maximum absolute atomic E-state index is 11.0. The molecule has 0 bridgehead atoms. The zero-order valence-corrected chi connectivity index (χ0v) is 12.7. The van der Waals surface area contributed by atoms with Crippen LogP contribution in [0.1, 0.15) is 24.6 Å². The van der Waals surface area contributed by atoms with E-state index in [1.165, 1.54) is 6.92 Å². The van der Waals surface area contributed by atoms with Crippen LogP contribution in [0.3, 0.4) is 0 Å². The van der Waals surface area contributed by atoms with E-state index < -0.39 is 0 Å². The average molecular weight is 315 g/mol. The van der Waals surface area contributed by atoms with Crippen LogP contribution < -0.4 is 11.1 Å². The molecular formula is C11H15ClN6OS. The van der Waals surface area contributed by atoms with Crippen LogP contribution in [0.4, 0.5) is 5.95 Å². The third-order valence-electron chi connectivity index (χ3n) is 2.16. The highest BCUT2D eigenvalue weighted by molar-refractivity contribution is 8.13. The van der Waals surface area contributed by atoms with Crippen molar-refractivity contribution in [2.45, 2.75) is 31.7 Å². The van der Waals surface area contributed by atoms with Gasteiger partial charge in [0.2, 0.25) is 11.9 Å². The molecule has 4 N–H and O–H groups in total. The maximum atomic E-state index is 11.0. The molecule has 7 nitrogen and oxygen atoms in total. The Kier molecular flexibility index (Phi) is 7.57. The van der Waals surface area contributed by atoms with E-state index in [4.69, 9.17) is 16.4 Å². The number of anilines is 1. The molecular weight excluding hydrogens is 300 g/mol. The van der Waals surface area contributed by atoms with Gasteiger partial charge in [-0.2, -0.15) is 5.26 Å². The molecule has 0 unspecified atom stereocenters. The number of aromatic nitrogens is 2. The lowest BCUT2D eigenvalue weighted by Gasteiger charge is -2.11. The van der Waals surface area contributed by atoms with Gasteiger partial charge in [0.1, 0.15) is 5.03 Å². The van der Waals surface area contributed by atoms with Crippen molar-refractivity contribution in [2.75, 3.05) is 5.32 Å². The van der Waals surface area contributed by atoms with Crippen molar-refractivity contribution < 1.29 is 4.79 Å². The molecule has 20 heavy (non-hydrogen) atoms. The first-order valence-corrected chi connectivity index (χ1v) is 6.29. The van der Waals surface area contributed by atoms with E-state index in [1.807, 2.05) is 0 Å². The van der Waals surface area contributed by atoms with E-state index in [-0.39, 0.29) is 29.4 Å². The first-order chi connectivity index (χ1) is 8.93. The molecule has 0 saturated carbocycles. The molecule has 0 spiro atoms. The minimum atomic E-state index is -0.275. The Morgan fingerprint density at radius 1 is 1.55 bits per heavy atom. The van der Waals surface area contributed by atoms with Crippen LogP contribution >= 0.6 is 24.2 Å². The van der Waals surface area contributed by atoms with Crippen molar-refractivity contribution in [3.63, 3.8) is 0 Å². The van der Waals surface area contributed by atoms with Crippen molar-refractivity contribution in [3.8, 4) is 6.07 Å². The molecule has 0 aromatic carbocycles. The smallest absolute Gasteiger partial charge is 0.230 e. The maximum Gasteiger partial charge on any atom is 0.230 e. The molecule has 0 aliphatic rings. The summed E-state index contributed by atoms with van der Waals surface area (Å²) in [5, 5.41) is 18.8. The summed E-state index contributed by atoms with van der Waals surface area (Å²) >= 11 is 0.980. The van der Waals surface area contributed by atoms with Gasteiger partial charge in [0, 0.05) is 24.6 Å². The predicted octanol–water partition coefficient (Wildman–Crippen LogP) is 1.61. The van der Waals surface area contributed by atoms with Crippen LogP contribution in [0.2, 0.25) is 0 Å². The van der Waals surface area contributed by atoms with E-state index in [1.54, 1.807) is 6.92 Å². The molecule has 0 atom stereocenters. The number of rotatable bonds is 4. The van der Waals surface area contributed by atoms with E-state index in [2.05, 4.69) is 21.4 Å². The average Bonchev–Trinajstić information content (AvgIpc) is 2.26. The number of hydrogen-bond acceptors (Lipinski definition) is 6. The van der Waals surface area contributed by atoms with Gasteiger partial charge in [-0.05, 0) is 25.1 Å². The summed E-state index contributed by atoms with van der Waals surface area (Å²) in [7, 11) is 0. The fourth-order valence-corrected chi connectivity index (χ4v) is 2.15. The molecule has 1 aromatic heterocycles. The molecule has 9 heteroatoms. The van der Waals surface area contributed by atoms with E-state index >= 15 is 0 Å². The fraction of sp³-hybridized carbons (Fsp3) is 0.364. The minimum Gasteiger partial charge on any atom is -0.378 e. The fourth-order valence-electron chi connectivity index (χ4n) is 1.44. The number of amides is 1. The number of nitrogens with zero attached hydrogens (tertiary/aromatic N) is 3. The van der Waals surface area contributed by atoms with Crippen molar-refractivity contribution in [2.24, 2.45) is 5.73 Å². The molecule has 1 rings (SSSR count). The van der Waals surface area contributed by atoms with Gasteiger partial charge >= 0.3 is 0 Å². The Hall–Kier alpha value is -1.85. The third-order valence-corrected chi connectivity index (χ3v) is 2.91. The van der Waals surface area contributed by atoms with Crippen LogP contribution in [0.25, 0.3) is 0 Å². The summed E-state index contributed by atoms with van der Waals surface area (Å²) in [6.45, 7) is 3.13. The third kappa shape index (κ3) is 5.42. The zero-order valence-electron chi connectivity index (χ0n) is 11.1. The molecule has 0 fully saturated rings. The first-order valence-electron chi connectivity index (χ1n) is 5.48. The lowest BCUT2D eigenvalue weighted by atomic mass is 10.1. The van der Waals surface area contributed by atoms with Gasteiger partial charge in [0.05, 0.1) is 6.07 Å². The Morgan fingerprint density at radius 2 is 2.20 bits per heavy atom. The molecule has 0 aliphatic heterocycles. The summed E-state index contributed by atoms with van der Waals surface area (Å²) < 4.78 is 0. The number of nitrogens with two attached hydrogens (primary N) is 1. The molecule has 0 saturated heterocycles. The molecule has 1 amide bonds. The van der Waals surface area contributed by atoms with E-state index in [0.717, 1.165) is 17.3 Å². The van der Waals surface area contributed by atoms with Gasteiger partial charge in [-0.15, -0.1) is 12.4 Å². The number of halogens is 1. The van der Waals surface area contributed by atoms with Gasteiger partial charge in [-0.25, -0.2) is 9.97 Å². The Bertz CT molecular complexity index is 557. The van der Waals surface area contributed by atoms with Crippen molar-refractivity contribution in [1.82, 2.24) is 9.97 Å². The summed E-state index contributed by atoms with van der Waals surface area (Å²) in [6.07, 6.45) is 0.813. The highest BCUT2D eigenvalue weighted by Crippen LogP contribution is 2.24. The first kappa shape index (κ1) is 18.1. The predicted molar refractivity (Wildman–Crippen MR) is 80.0 cm³/mol. The number of nitrogens with one attached hydrogen (secondary N) is 2. The van der Waals surface area contributed by atoms with E-state index in [0.29, 0.717) is 23.6 Å². The molecule has 0 aliphatic carbocycles. The summed E-state index contributed by atoms with van der Waals surface area (Å²) in [5.41, 5.74) is 6.80. The van der Waals surface area contributed by atoms with Crippen LogP contribution in [0.5, 0.6) is 0 Å². The number of carbonyl (C=O) groups is 1. The summed E-state index contributed by atoms with van der Waals surface area (Å²) in [5.74, 6) is -0.0996. The summed E-state index contributed by atoms with van der Waals surface area (Å²) in [4.78, 5) is 19.3. The van der Waals surface area contributed by atoms with Gasteiger partial charge in [-0.3, -0.25) is 15.5 Å². The number of aryl methyl sites for hydroxylation is 1. The number of hydrogen-bond donors (Lipinski definition) is 3. The second kappa shape index (κ2) is 8.35. The van der Waals surface area contributed by atoms with Gasteiger partial charge in [0.15, 0.2) is 5.17 Å². The highest BCUT2D eigenvalue weighted by atomic mass is 35.5. The second-order valence-electron chi connectivity index (χ2n) is 3.72. The molecule has 1 aromatic rings. The lowest BCUT2D eigenvalue weighted by Crippen LogP contribution is -2.13. The van der Waals surface area contributed by atoms with E-state index in [9.17, 15) is 4.79 Å². The van der Waals surface area contributed by atoms with Crippen LogP contribution in [-0.2, 0) is 11.2 Å². The SMILES string of the molecule is CC(=O)Nc1nc(C)c(CCC#N)c(SC(=N)N)n1.Cl. The topological polar surface area (TPSA) is 129 Å². The van der Waals surface area contributed by atoms with Crippen molar-refractivity contribution in [1.29, 1.82) is 10.7 Å². The standard InChI is InChI=1S/C11H14N6OS.ClH/c1-6-8(4-3-5-12)9(19-10(13)14)17-11(15-6)16-7(2)18;/h3-4H2,1-2H3,(H3,13,14)(H,15,16,17,18);1H. The number of thioether (sulfide) groups is 1. The number of nitriles is 1. The lowest BCUT2D eigenvalue weighted by molar-refractivity contribution is -0.114.